The van der Waals surface area contributed by atoms with Crippen molar-refractivity contribution in [1.29, 1.82) is 0 Å². The minimum Gasteiger partial charge on any atom is -0.489 e. The molecule has 2 fully saturated rings. The molecule has 0 saturated carbocycles. The number of rotatable bonds is 0. The van der Waals surface area contributed by atoms with Crippen molar-refractivity contribution in [3.8, 4) is 11.5 Å². The average Bonchev–Trinajstić information content (AvgIpc) is 1.37. The van der Waals surface area contributed by atoms with E-state index >= 15 is 0 Å². The summed E-state index contributed by atoms with van der Waals surface area (Å²) in [5.74, 6) is 1.87. The Morgan fingerprint density at radius 3 is 0.733 bits per heavy atom. The van der Waals surface area contributed by atoms with Crippen LogP contribution in [0.2, 0.25) is 0 Å². The van der Waals surface area contributed by atoms with Crippen molar-refractivity contribution in [3.63, 3.8) is 0 Å². The van der Waals surface area contributed by atoms with E-state index in [-0.39, 0.29) is 22.9 Å². The first-order valence-corrected chi connectivity index (χ1v) is 33.6. The Bertz CT molecular complexity index is 8110. The third kappa shape index (κ3) is 2.24. The van der Waals surface area contributed by atoms with Gasteiger partial charge >= 0.3 is 0 Å². The van der Waals surface area contributed by atoms with Crippen LogP contribution in [0.3, 0.4) is 0 Å². The molecule has 6 heterocycles. The van der Waals surface area contributed by atoms with Crippen LogP contribution in [0.15, 0.2) is 72.8 Å². The van der Waals surface area contributed by atoms with Crippen LogP contribution < -0.4 is 9.47 Å². The Labute approximate surface area is 500 Å². The monoisotopic (exact) mass is 1120 g/mol. The molecule has 27 aromatic carbocycles. The second-order valence-corrected chi connectivity index (χ2v) is 32.6. The topological polar surface area (TPSA) is 24.9 Å². The van der Waals surface area contributed by atoms with E-state index in [2.05, 4.69) is 96.7 Å². The molecule has 27 aromatic rings. The molecule has 0 N–H and O–H groups in total. The van der Waals surface area contributed by atoms with Crippen LogP contribution in [-0.4, -0.2) is 37.0 Å². The highest BCUT2D eigenvalue weighted by molar-refractivity contribution is 6.78. The zero-order valence-corrected chi connectivity index (χ0v) is 47.6. The van der Waals surface area contributed by atoms with Crippen molar-refractivity contribution in [2.45, 2.75) is 47.0 Å². The smallest absolute Gasteiger partial charge is 0.119 e. The van der Waals surface area contributed by atoms with Gasteiger partial charge in [0.05, 0.1) is 21.7 Å². The van der Waals surface area contributed by atoms with Gasteiger partial charge in [0.15, 0.2) is 0 Å². The first-order chi connectivity index (χ1) is 44.6. The summed E-state index contributed by atoms with van der Waals surface area (Å²) in [7, 11) is 5.18. The highest BCUT2D eigenvalue weighted by Crippen LogP contribution is 2.90. The van der Waals surface area contributed by atoms with Crippen molar-refractivity contribution < 1.29 is 9.47 Å². The van der Waals surface area contributed by atoms with Crippen molar-refractivity contribution in [3.05, 3.63) is 140 Å². The fourth-order valence-electron chi connectivity index (χ4n) is 31.2. The van der Waals surface area contributed by atoms with Gasteiger partial charge in [0, 0.05) is 25.2 Å². The highest BCUT2D eigenvalue weighted by atomic mass is 16.5. The summed E-state index contributed by atoms with van der Waals surface area (Å²) in [6, 6.07) is 28.6. The van der Waals surface area contributed by atoms with E-state index in [4.69, 9.17) is 9.47 Å². The Kier molecular flexibility index (Phi) is 3.73. The number of nitrogens with zero attached hydrogens (tertiary/aromatic N) is 2. The molecule has 14 aliphatic rings. The van der Waals surface area contributed by atoms with Crippen LogP contribution in [-0.2, 0) is 34.9 Å². The predicted octanol–water partition coefficient (Wildman–Crippen LogP) is 19.7. The summed E-state index contributed by atoms with van der Waals surface area (Å²) in [6.07, 6.45) is 0. The van der Waals surface area contributed by atoms with E-state index in [1.807, 2.05) is 0 Å². The Morgan fingerprint density at radius 2 is 0.478 bits per heavy atom. The van der Waals surface area contributed by atoms with Gasteiger partial charge in [0.2, 0.25) is 0 Å². The van der Waals surface area contributed by atoms with Crippen LogP contribution in [0.1, 0.15) is 78.8 Å². The highest BCUT2D eigenvalue weighted by Gasteiger charge is 2.80. The van der Waals surface area contributed by atoms with Crippen LogP contribution in [0.4, 0.5) is 0 Å². The lowest BCUT2D eigenvalue weighted by molar-refractivity contribution is 0.270. The summed E-state index contributed by atoms with van der Waals surface area (Å²) in [4.78, 5) is 5.93. The number of ether oxygens (including phenoxy) is 2. The fourth-order valence-corrected chi connectivity index (χ4v) is 31.2. The zero-order chi connectivity index (χ0) is 54.8. The van der Waals surface area contributed by atoms with Gasteiger partial charge in [-0.2, -0.15) is 0 Å². The van der Waals surface area contributed by atoms with Gasteiger partial charge in [0.1, 0.15) is 24.7 Å². The van der Waals surface area contributed by atoms with Gasteiger partial charge in [-0.3, -0.25) is 9.80 Å². The molecule has 4 heteroatoms. The number of benzene rings is 19. The number of likely N-dealkylation sites (tertiary alicyclic amines) is 2. The van der Waals surface area contributed by atoms with E-state index in [1.54, 1.807) is 303 Å². The van der Waals surface area contributed by atoms with E-state index in [0.29, 0.717) is 13.2 Å². The maximum absolute atomic E-state index is 6.89. The van der Waals surface area contributed by atoms with E-state index in [1.165, 1.54) is 11.1 Å². The minimum atomic E-state index is -0.426. The Hall–Kier alpha value is -10.1. The summed E-state index contributed by atoms with van der Waals surface area (Å²) in [6.45, 7) is 2.99. The SMILES string of the molecule is CN1CC23c4c5c6c7c8c9c%10c%11c%12c%13c%14c%15c%16c%17c%18c%19c9c6c6c%18c9c%17c%17c%15c%15c%18c%14c%14c%12c%12c%11c8c(c8c%11c2c2c4c4c(c56)c9c5c4c4c2c2c%11c(c8%12)c%14c%18c2c4c%15c%175)C73[C@@H]1c1ccc(cc1)OCc1cccc(c1)COc1ccc(cc1)[C@H]1N(C)CC%13%16C%10%191. The summed E-state index contributed by atoms with van der Waals surface area (Å²) >= 11 is 0. The van der Waals surface area contributed by atoms with Crippen molar-refractivity contribution in [2.24, 2.45) is 0 Å². The number of hydrogen-bond acceptors (Lipinski definition) is 4. The maximum atomic E-state index is 6.89. The molecule has 6 atom stereocenters. The van der Waals surface area contributed by atoms with Gasteiger partial charge in [-0.15, -0.1) is 0 Å². The second-order valence-electron chi connectivity index (χ2n) is 32.6. The Balaban J connectivity index is 0.942. The van der Waals surface area contributed by atoms with Crippen LogP contribution >= 0.6 is 0 Å². The van der Waals surface area contributed by atoms with Crippen LogP contribution in [0.5, 0.6) is 11.5 Å². The molecule has 41 rings (SSSR count). The third-order valence-corrected chi connectivity index (χ3v) is 31.5. The Morgan fingerprint density at radius 1 is 0.267 bits per heavy atom. The van der Waals surface area contributed by atoms with Gasteiger partial charge < -0.3 is 9.47 Å². The normalized spacial score (nSPS) is 27.1. The molecule has 6 aliphatic heterocycles. The van der Waals surface area contributed by atoms with Gasteiger partial charge in [0.25, 0.3) is 0 Å². The summed E-state index contributed by atoms with van der Waals surface area (Å²) in [5, 5.41) is 80.0. The standard InChI is InChI=1S/C86H28N2O2/c1-87-17-83-73-57-45-33-25-26-30-27-31-39-47(35(27)33)59(57)75(83)63-51(39)43-54-42(31)50-38(30)46-34(26)36-28-29(25)37(45)49-41-32(28)40-48(36)60-58(46)74-62(50)66(54)78-70-55(43)67(63)79-71-69-56-44-52(40)64-68(56)80(72(70)71)86(78)82(88(2)18-84(74,86)76(60)64)22-8-12-24(13-9-22)90-16-20-5-3-4-19(14-20)15-89-23-10-6-21(7-11-23)81(87)85(79,83)77(69)65(53(41)44)61(49)73/h3-14,81-82H,15-18H2,1-2H3/t81-,82+,83?,84?,85?,86?. The molecule has 4 unspecified atom stereocenters. The van der Waals surface area contributed by atoms with Crippen LogP contribution in [0.25, 0.3) is 259 Å². The lowest BCUT2D eigenvalue weighted by Gasteiger charge is -2.52. The third-order valence-electron chi connectivity index (χ3n) is 31.5. The number of likely N-dealkylation sites (N-methyl/N-ethyl adjacent to an activating group) is 2. The molecule has 4 nitrogen and oxygen atoms in total. The number of hydrogen-bond donors (Lipinski definition) is 0. The molecule has 0 aromatic heterocycles. The summed E-state index contributed by atoms with van der Waals surface area (Å²) < 4.78 is 13.8. The van der Waals surface area contributed by atoms with Crippen molar-refractivity contribution in [1.82, 2.24) is 9.80 Å². The first-order valence-electron chi connectivity index (χ1n) is 33.6. The predicted molar refractivity (Wildman–Crippen MR) is 366 cm³/mol. The molecular weight excluding hydrogens is 1090 g/mol. The summed E-state index contributed by atoms with van der Waals surface area (Å²) in [5.41, 5.74) is 17.6. The quantitative estimate of drug-likeness (QED) is 0.141. The lowest BCUT2D eigenvalue weighted by Crippen LogP contribution is -2.52. The first kappa shape index (κ1) is 37.0. The molecule has 0 amide bonds. The lowest BCUT2D eigenvalue weighted by atomic mass is 9.47. The van der Waals surface area contributed by atoms with Gasteiger partial charge in [-0.1, -0.05) is 42.5 Å². The zero-order valence-electron chi connectivity index (χ0n) is 47.6. The second kappa shape index (κ2) is 9.06. The van der Waals surface area contributed by atoms with Crippen LogP contribution in [0, 0.1) is 0 Å². The molecule has 8 aliphatic carbocycles. The average molecular weight is 1120 g/mol. The molecule has 394 valence electrons. The van der Waals surface area contributed by atoms with Crippen molar-refractivity contribution >= 4 is 259 Å². The van der Waals surface area contributed by atoms with Crippen molar-refractivity contribution in [2.75, 3.05) is 27.2 Å². The molecule has 2 saturated heterocycles. The van der Waals surface area contributed by atoms with E-state index < -0.39 is 10.8 Å². The fraction of sp³-hybridized carbons (Fsp3) is 0.140. The molecule has 12 bridgehead atoms. The largest absolute Gasteiger partial charge is 0.489 e. The molecular formula is C86H28N2O2. The van der Waals surface area contributed by atoms with Gasteiger partial charge in [-0.25, -0.2) is 0 Å². The maximum Gasteiger partial charge on any atom is 0.119 e. The van der Waals surface area contributed by atoms with E-state index in [9.17, 15) is 0 Å². The van der Waals surface area contributed by atoms with Gasteiger partial charge in [-0.05, 0) is 370 Å². The molecule has 0 radical (unpaired) electrons. The van der Waals surface area contributed by atoms with E-state index in [0.717, 1.165) is 35.7 Å². The minimum absolute atomic E-state index is 0.0620. The molecule has 4 spiro atoms. The molecule has 90 heavy (non-hydrogen) atoms.